The predicted molar refractivity (Wildman–Crippen MR) is 147 cm³/mol. The third-order valence-electron chi connectivity index (χ3n) is 3.83. The lowest BCUT2D eigenvalue weighted by atomic mass is 10.5. The molecule has 5 heteroatoms. The van der Waals surface area contributed by atoms with Gasteiger partial charge >= 0.3 is 0 Å². The second-order valence-corrected chi connectivity index (χ2v) is 5.00. The molecule has 0 nitrogen and oxygen atoms in total. The Morgan fingerprint density at radius 2 is 0.435 bits per heavy atom. The van der Waals surface area contributed by atoms with E-state index >= 15 is 0 Å². The van der Waals surface area contributed by atoms with Crippen molar-refractivity contribution in [3.8, 4) is 0 Å². The molecule has 0 saturated heterocycles. The molecule has 0 aromatic carbocycles. The van der Waals surface area contributed by atoms with E-state index in [4.69, 9.17) is 0 Å². The van der Waals surface area contributed by atoms with Gasteiger partial charge in [0.15, 0.2) is 0 Å². The Morgan fingerprint density at radius 3 is 0.435 bits per heavy atom. The topological polar surface area (TPSA) is 0 Å². The summed E-state index contributed by atoms with van der Waals surface area (Å²) in [5.41, 5.74) is 2.00. The molecule has 4 rings (SSSR count). The van der Waals surface area contributed by atoms with E-state index in [0.717, 1.165) is 10.8 Å². The highest BCUT2D eigenvalue weighted by Gasteiger charge is 2.53. The summed E-state index contributed by atoms with van der Waals surface area (Å²) in [5, 5.41) is 0. The van der Waals surface area contributed by atoms with Crippen LogP contribution in [0.2, 0.25) is 0 Å². The molecular formula is C18H53IP4. The summed E-state index contributed by atoms with van der Waals surface area (Å²) in [4.78, 5) is 0. The average Bonchev–Trinajstić information content (AvgIpc) is 3.38. The summed E-state index contributed by atoms with van der Waals surface area (Å²) >= 11 is 0. The molecule has 152 valence electrons. The smallest absolute Gasteiger partial charge is 0.0297 e. The number of hydrogen-bond acceptors (Lipinski definition) is 0. The Morgan fingerprint density at radius 1 is 0.348 bits per heavy atom. The van der Waals surface area contributed by atoms with Gasteiger partial charge in [-0.05, 0) is 62.2 Å². The van der Waals surface area contributed by atoms with Crippen LogP contribution >= 0.6 is 63.6 Å². The molecule has 0 radical (unpaired) electrons. The van der Waals surface area contributed by atoms with Gasteiger partial charge in [0, 0.05) is 0 Å². The van der Waals surface area contributed by atoms with Gasteiger partial charge in [-0.1, -0.05) is 55.4 Å². The van der Waals surface area contributed by atoms with Crippen molar-refractivity contribution in [3.63, 3.8) is 0 Å². The fraction of sp³-hybridized carbons (Fsp3) is 1.00. The summed E-state index contributed by atoms with van der Waals surface area (Å²) in [5.74, 6) is 0. The lowest BCUT2D eigenvalue weighted by molar-refractivity contribution is 0.898. The first kappa shape index (κ1) is 44.7. The van der Waals surface area contributed by atoms with E-state index in [9.17, 15) is 0 Å². The van der Waals surface area contributed by atoms with Gasteiger partial charge in [-0.2, -0.15) is 39.6 Å². The van der Waals surface area contributed by atoms with E-state index in [2.05, 4.69) is 0 Å². The molecule has 23 heavy (non-hydrogen) atoms. The largest absolute Gasteiger partial charge is 0.153 e. The molecule has 0 heterocycles. The van der Waals surface area contributed by atoms with Crippen molar-refractivity contribution in [1.29, 1.82) is 0 Å². The summed E-state index contributed by atoms with van der Waals surface area (Å²) in [7, 11) is 0. The molecular weight excluding hydrogens is 467 g/mol. The van der Waals surface area contributed by atoms with Crippen LogP contribution in [0.25, 0.3) is 0 Å². The zero-order valence-electron chi connectivity index (χ0n) is 17.9. The SMILES string of the molecule is C1CC12CC2.C1CC12CC2.CC.CC.CC.CC.I.P.P.P.P. The molecule has 0 aromatic heterocycles. The highest BCUT2D eigenvalue weighted by molar-refractivity contribution is 14.0. The quantitative estimate of drug-likeness (QED) is 0.224. The minimum Gasteiger partial charge on any atom is -0.153 e. The second kappa shape index (κ2) is 26.7. The number of hydrogen-bond donors (Lipinski definition) is 0. The standard InChI is InChI=1S/2C5H8.4C2H6.HI.4H3P/c2*1-2-5(1)3-4-5;4*1-2;;;;;/h2*1-4H2;4*1-2H3;1H;4*1H3. The molecule has 4 aliphatic rings. The van der Waals surface area contributed by atoms with Gasteiger partial charge in [0.25, 0.3) is 0 Å². The van der Waals surface area contributed by atoms with Crippen LogP contribution < -0.4 is 0 Å². The lowest BCUT2D eigenvalue weighted by Gasteiger charge is -1.60. The molecule has 4 fully saturated rings. The highest BCUT2D eigenvalue weighted by Crippen LogP contribution is 2.66. The average molecular weight is 520 g/mol. The molecule has 4 atom stereocenters. The van der Waals surface area contributed by atoms with Gasteiger partial charge in [-0.15, -0.1) is 24.0 Å². The van der Waals surface area contributed by atoms with Gasteiger partial charge in [0.1, 0.15) is 0 Å². The zero-order chi connectivity index (χ0) is 14.7. The molecule has 0 bridgehead atoms. The summed E-state index contributed by atoms with van der Waals surface area (Å²) in [6.07, 6.45) is 12.5. The molecule has 0 N–H and O–H groups in total. The van der Waals surface area contributed by atoms with Gasteiger partial charge in [-0.3, -0.25) is 0 Å². The fourth-order valence-electron chi connectivity index (χ4n) is 1.71. The monoisotopic (exact) mass is 520 g/mol. The van der Waals surface area contributed by atoms with Crippen LogP contribution in [0.5, 0.6) is 0 Å². The Hall–Kier alpha value is 2.45. The van der Waals surface area contributed by atoms with Crippen LogP contribution in [0.4, 0.5) is 0 Å². The first-order valence-corrected chi connectivity index (χ1v) is 8.83. The molecule has 0 amide bonds. The van der Waals surface area contributed by atoms with Gasteiger partial charge in [0.05, 0.1) is 0 Å². The van der Waals surface area contributed by atoms with Crippen LogP contribution in [0.1, 0.15) is 107 Å². The predicted octanol–water partition coefficient (Wildman–Crippen LogP) is 8.08. The van der Waals surface area contributed by atoms with Crippen LogP contribution in [-0.4, -0.2) is 0 Å². The molecule has 4 saturated carbocycles. The van der Waals surface area contributed by atoms with Crippen LogP contribution in [0, 0.1) is 10.8 Å². The van der Waals surface area contributed by atoms with E-state index in [-0.39, 0.29) is 63.6 Å². The second-order valence-electron chi connectivity index (χ2n) is 5.00. The Bertz CT molecular complexity index is 127. The van der Waals surface area contributed by atoms with Gasteiger partial charge in [0.2, 0.25) is 0 Å². The third-order valence-corrected chi connectivity index (χ3v) is 3.83. The third kappa shape index (κ3) is 24.4. The van der Waals surface area contributed by atoms with Gasteiger partial charge < -0.3 is 0 Å². The Labute approximate surface area is 180 Å². The first-order chi connectivity index (χ1) is 8.83. The maximum Gasteiger partial charge on any atom is -0.0297 e. The van der Waals surface area contributed by atoms with Crippen LogP contribution in [0.3, 0.4) is 0 Å². The normalized spacial score (nSPS) is 17.7. The summed E-state index contributed by atoms with van der Waals surface area (Å²) < 4.78 is 0. The van der Waals surface area contributed by atoms with E-state index in [0.29, 0.717) is 0 Å². The van der Waals surface area contributed by atoms with Crippen molar-refractivity contribution >= 4 is 63.6 Å². The first-order valence-electron chi connectivity index (χ1n) is 8.83. The maximum absolute atomic E-state index is 2.00. The highest BCUT2D eigenvalue weighted by atomic mass is 127. The van der Waals surface area contributed by atoms with Crippen molar-refractivity contribution in [2.75, 3.05) is 0 Å². The zero-order valence-corrected chi connectivity index (χ0v) is 25.9. The summed E-state index contributed by atoms with van der Waals surface area (Å²) in [6.45, 7) is 16.0. The fourth-order valence-corrected chi connectivity index (χ4v) is 1.71. The molecule has 2 spiro atoms. The number of halogens is 1. The van der Waals surface area contributed by atoms with E-state index in [1.54, 1.807) is 51.4 Å². The molecule has 4 aliphatic carbocycles. The number of rotatable bonds is 0. The van der Waals surface area contributed by atoms with Crippen LogP contribution in [-0.2, 0) is 0 Å². The van der Waals surface area contributed by atoms with Gasteiger partial charge in [-0.25, -0.2) is 0 Å². The van der Waals surface area contributed by atoms with E-state index in [1.807, 2.05) is 55.4 Å². The molecule has 0 aromatic rings. The van der Waals surface area contributed by atoms with Crippen molar-refractivity contribution in [2.45, 2.75) is 107 Å². The summed E-state index contributed by atoms with van der Waals surface area (Å²) in [6, 6.07) is 0. The maximum atomic E-state index is 2.00. The van der Waals surface area contributed by atoms with Crippen molar-refractivity contribution in [1.82, 2.24) is 0 Å². The lowest BCUT2D eigenvalue weighted by Crippen LogP contribution is -1.51. The van der Waals surface area contributed by atoms with E-state index < -0.39 is 0 Å². The van der Waals surface area contributed by atoms with Crippen molar-refractivity contribution in [3.05, 3.63) is 0 Å². The Balaban J connectivity index is -0.0000000274. The van der Waals surface area contributed by atoms with E-state index in [1.165, 1.54) is 0 Å². The minimum absolute atomic E-state index is 0. The van der Waals surface area contributed by atoms with Crippen molar-refractivity contribution < 1.29 is 0 Å². The molecule has 4 unspecified atom stereocenters. The molecule has 0 aliphatic heterocycles. The van der Waals surface area contributed by atoms with Crippen LogP contribution in [0.15, 0.2) is 0 Å². The van der Waals surface area contributed by atoms with Crippen molar-refractivity contribution in [2.24, 2.45) is 10.8 Å². The minimum atomic E-state index is 0. The Kier molecular flexibility index (Phi) is 51.8.